The SMILES string of the molecule is CCO[P+](=O)C(O)CBr. The average molecular weight is 216 g/mol. The molecule has 0 saturated carbocycles. The van der Waals surface area contributed by atoms with E-state index in [9.17, 15) is 4.57 Å². The second-order valence-electron chi connectivity index (χ2n) is 1.34. The van der Waals surface area contributed by atoms with Gasteiger partial charge in [0.15, 0.2) is 0 Å². The number of hydrogen-bond acceptors (Lipinski definition) is 3. The Kier molecular flexibility index (Phi) is 5.59. The molecule has 0 aromatic rings. The quantitative estimate of drug-likeness (QED) is 0.571. The third-order valence-corrected chi connectivity index (χ3v) is 2.93. The van der Waals surface area contributed by atoms with Gasteiger partial charge in [-0.25, -0.2) is 0 Å². The largest absolute Gasteiger partial charge is 0.541 e. The van der Waals surface area contributed by atoms with Crippen molar-refractivity contribution in [1.29, 1.82) is 0 Å². The lowest BCUT2D eigenvalue weighted by atomic mass is 10.9. The van der Waals surface area contributed by atoms with E-state index in [4.69, 9.17) is 5.11 Å². The Hall–Kier alpha value is 0.500. The topological polar surface area (TPSA) is 46.5 Å². The van der Waals surface area contributed by atoms with E-state index in [2.05, 4.69) is 20.5 Å². The predicted molar refractivity (Wildman–Crippen MR) is 39.0 cm³/mol. The van der Waals surface area contributed by atoms with Crippen LogP contribution in [-0.4, -0.2) is 22.9 Å². The summed E-state index contributed by atoms with van der Waals surface area (Å²) in [5.41, 5.74) is 0. The maximum absolute atomic E-state index is 10.6. The highest BCUT2D eigenvalue weighted by atomic mass is 79.9. The van der Waals surface area contributed by atoms with Gasteiger partial charge in [-0.05, 0) is 11.5 Å². The second-order valence-corrected chi connectivity index (χ2v) is 3.41. The van der Waals surface area contributed by atoms with E-state index in [1.807, 2.05) is 0 Å². The van der Waals surface area contributed by atoms with Gasteiger partial charge in [-0.1, -0.05) is 15.9 Å². The van der Waals surface area contributed by atoms with Crippen LogP contribution in [-0.2, 0) is 9.09 Å². The van der Waals surface area contributed by atoms with Gasteiger partial charge in [0.05, 0.1) is 11.9 Å². The Morgan fingerprint density at radius 3 is 2.78 bits per heavy atom. The van der Waals surface area contributed by atoms with E-state index in [0.717, 1.165) is 0 Å². The zero-order valence-electron chi connectivity index (χ0n) is 5.08. The van der Waals surface area contributed by atoms with Crippen LogP contribution >= 0.6 is 24.0 Å². The van der Waals surface area contributed by atoms with Crippen LogP contribution in [0.5, 0.6) is 0 Å². The van der Waals surface area contributed by atoms with Gasteiger partial charge in [0.25, 0.3) is 5.85 Å². The molecule has 3 nitrogen and oxygen atoms in total. The molecule has 5 heteroatoms. The lowest BCUT2D eigenvalue weighted by Crippen LogP contribution is -2.02. The van der Waals surface area contributed by atoms with Gasteiger partial charge < -0.3 is 5.11 Å². The fourth-order valence-corrected chi connectivity index (χ4v) is 1.52. The van der Waals surface area contributed by atoms with Crippen LogP contribution < -0.4 is 0 Å². The standard InChI is InChI=1S/C4H9BrO3P/c1-2-8-9(7)4(6)3-5/h4,6H,2-3H2,1H3/q+1. The number of aliphatic hydroxyl groups excluding tert-OH is 1. The molecule has 0 heterocycles. The zero-order valence-corrected chi connectivity index (χ0v) is 7.56. The van der Waals surface area contributed by atoms with Gasteiger partial charge in [0.2, 0.25) is 0 Å². The summed E-state index contributed by atoms with van der Waals surface area (Å²) >= 11 is 2.97. The van der Waals surface area contributed by atoms with E-state index in [0.29, 0.717) is 11.9 Å². The molecule has 0 amide bonds. The zero-order chi connectivity index (χ0) is 7.28. The van der Waals surface area contributed by atoms with E-state index in [-0.39, 0.29) is 0 Å². The number of halogens is 1. The van der Waals surface area contributed by atoms with Crippen LogP contribution in [0.4, 0.5) is 0 Å². The summed E-state index contributed by atoms with van der Waals surface area (Å²) in [6, 6.07) is 0. The van der Waals surface area contributed by atoms with Gasteiger partial charge in [-0.2, -0.15) is 0 Å². The lowest BCUT2D eigenvalue weighted by molar-refractivity contribution is 0.241. The van der Waals surface area contributed by atoms with Gasteiger partial charge in [0.1, 0.15) is 0 Å². The monoisotopic (exact) mass is 215 g/mol. The highest BCUT2D eigenvalue weighted by Crippen LogP contribution is 2.27. The van der Waals surface area contributed by atoms with Crippen molar-refractivity contribution in [3.05, 3.63) is 0 Å². The number of hydrogen-bond donors (Lipinski definition) is 1. The first-order chi connectivity index (χ1) is 4.22. The fraction of sp³-hybridized carbons (Fsp3) is 1.00. The first-order valence-corrected chi connectivity index (χ1v) is 4.92. The molecule has 0 fully saturated rings. The molecule has 0 aromatic heterocycles. The van der Waals surface area contributed by atoms with Crippen molar-refractivity contribution in [2.45, 2.75) is 12.8 Å². The van der Waals surface area contributed by atoms with Crippen LogP contribution in [0.15, 0.2) is 0 Å². The summed E-state index contributed by atoms with van der Waals surface area (Å²) in [6.07, 6.45) is 0. The molecule has 54 valence electrons. The average Bonchev–Trinajstić information content (AvgIpc) is 1.87. The molecule has 0 saturated heterocycles. The molecule has 2 atom stereocenters. The molecule has 0 spiro atoms. The molecule has 2 unspecified atom stereocenters. The number of alkyl halides is 1. The third kappa shape index (κ3) is 3.98. The Balaban J connectivity index is 3.46. The molecule has 1 N–H and O–H groups in total. The minimum absolute atomic E-state index is 0.294. The van der Waals surface area contributed by atoms with Gasteiger partial charge in [0, 0.05) is 0 Å². The van der Waals surface area contributed by atoms with Crippen LogP contribution in [0, 0.1) is 0 Å². The van der Waals surface area contributed by atoms with Gasteiger partial charge >= 0.3 is 8.03 Å². The molecule has 0 aliphatic heterocycles. The van der Waals surface area contributed by atoms with Crippen molar-refractivity contribution in [1.82, 2.24) is 0 Å². The van der Waals surface area contributed by atoms with Crippen molar-refractivity contribution >= 4 is 24.0 Å². The third-order valence-electron chi connectivity index (χ3n) is 0.638. The lowest BCUT2D eigenvalue weighted by Gasteiger charge is -1.89. The van der Waals surface area contributed by atoms with Crippen molar-refractivity contribution in [3.63, 3.8) is 0 Å². The summed E-state index contributed by atoms with van der Waals surface area (Å²) in [5, 5.41) is 9.10. The van der Waals surface area contributed by atoms with Crippen LogP contribution in [0.2, 0.25) is 0 Å². The maximum Gasteiger partial charge on any atom is 0.541 e. The Morgan fingerprint density at radius 1 is 1.89 bits per heavy atom. The molecule has 0 aromatic carbocycles. The van der Waals surface area contributed by atoms with E-state index in [1.54, 1.807) is 6.92 Å². The smallest absolute Gasteiger partial charge is 0.348 e. The summed E-state index contributed by atoms with van der Waals surface area (Å²) in [5.74, 6) is -0.875. The molecule has 0 bridgehead atoms. The summed E-state index contributed by atoms with van der Waals surface area (Å²) in [4.78, 5) is 0. The Morgan fingerprint density at radius 2 is 2.44 bits per heavy atom. The van der Waals surface area contributed by atoms with Crippen LogP contribution in [0.1, 0.15) is 6.92 Å². The van der Waals surface area contributed by atoms with Crippen LogP contribution in [0.25, 0.3) is 0 Å². The summed E-state index contributed by atoms with van der Waals surface area (Å²) in [6.45, 7) is 2.10. The van der Waals surface area contributed by atoms with E-state index in [1.165, 1.54) is 0 Å². The molecular weight excluding hydrogens is 207 g/mol. The van der Waals surface area contributed by atoms with Gasteiger partial charge in [-0.3, -0.25) is 0 Å². The Labute approximate surface area is 63.4 Å². The predicted octanol–water partition coefficient (Wildman–Crippen LogP) is 1.48. The van der Waals surface area contributed by atoms with E-state index < -0.39 is 13.9 Å². The number of rotatable bonds is 4. The first kappa shape index (κ1) is 9.50. The normalized spacial score (nSPS) is 15.2. The van der Waals surface area contributed by atoms with Crippen molar-refractivity contribution in [3.8, 4) is 0 Å². The fourth-order valence-electron chi connectivity index (χ4n) is 0.270. The minimum atomic E-state index is -1.88. The van der Waals surface area contributed by atoms with Crippen molar-refractivity contribution < 1.29 is 14.2 Å². The molecule has 0 radical (unpaired) electrons. The van der Waals surface area contributed by atoms with E-state index >= 15 is 0 Å². The summed E-state index contributed by atoms with van der Waals surface area (Å²) in [7, 11) is -1.88. The highest BCUT2D eigenvalue weighted by Gasteiger charge is 2.28. The number of aliphatic hydroxyl groups is 1. The minimum Gasteiger partial charge on any atom is -0.348 e. The van der Waals surface area contributed by atoms with Gasteiger partial charge in [-0.15, -0.1) is 4.52 Å². The molecule has 9 heavy (non-hydrogen) atoms. The maximum atomic E-state index is 10.6. The molecular formula is C4H9BrO3P+. The van der Waals surface area contributed by atoms with Crippen molar-refractivity contribution in [2.75, 3.05) is 11.9 Å². The molecule has 0 rings (SSSR count). The molecule has 0 aliphatic rings. The van der Waals surface area contributed by atoms with Crippen molar-refractivity contribution in [2.24, 2.45) is 0 Å². The summed E-state index contributed by atoms with van der Waals surface area (Å²) < 4.78 is 15.2. The first-order valence-electron chi connectivity index (χ1n) is 2.55. The highest BCUT2D eigenvalue weighted by molar-refractivity contribution is 9.09. The molecule has 0 aliphatic carbocycles. The Bertz CT molecular complexity index is 97.8. The second kappa shape index (κ2) is 5.30. The van der Waals surface area contributed by atoms with Crippen LogP contribution in [0.3, 0.4) is 0 Å².